The largest absolute Gasteiger partial charge is 0.310 e. The van der Waals surface area contributed by atoms with Crippen molar-refractivity contribution in [3.8, 4) is 6.07 Å². The molecule has 0 amide bonds. The van der Waals surface area contributed by atoms with Gasteiger partial charge in [-0.3, -0.25) is 0 Å². The van der Waals surface area contributed by atoms with Crippen LogP contribution in [-0.2, 0) is 6.54 Å². The number of rotatable bonds is 3. The van der Waals surface area contributed by atoms with Crippen LogP contribution in [0.5, 0.6) is 0 Å². The zero-order chi connectivity index (χ0) is 11.5. The lowest BCUT2D eigenvalue weighted by molar-refractivity contribution is 0.240. The predicted molar refractivity (Wildman–Crippen MR) is 64.9 cm³/mol. The maximum atomic E-state index is 8.78. The smallest absolute Gasteiger partial charge is 0.0991 e. The zero-order valence-electron chi connectivity index (χ0n) is 9.96. The third-order valence-electron chi connectivity index (χ3n) is 3.43. The molecule has 2 rings (SSSR count). The highest BCUT2D eigenvalue weighted by Crippen LogP contribution is 2.26. The maximum Gasteiger partial charge on any atom is 0.0991 e. The topological polar surface area (TPSA) is 35.8 Å². The first-order chi connectivity index (χ1) is 7.69. The molecule has 1 aliphatic rings. The van der Waals surface area contributed by atoms with E-state index in [1.54, 1.807) is 0 Å². The maximum absolute atomic E-state index is 8.78. The van der Waals surface area contributed by atoms with E-state index in [4.69, 9.17) is 5.26 Å². The Balaban J connectivity index is 1.92. The van der Waals surface area contributed by atoms with Gasteiger partial charge in [0.15, 0.2) is 0 Å². The Labute approximate surface area is 97.3 Å². The lowest BCUT2D eigenvalue weighted by Gasteiger charge is -2.33. The Morgan fingerprint density at radius 2 is 2.19 bits per heavy atom. The van der Waals surface area contributed by atoms with Crippen molar-refractivity contribution in [2.24, 2.45) is 5.92 Å². The van der Waals surface area contributed by atoms with Gasteiger partial charge in [-0.2, -0.15) is 5.26 Å². The first-order valence-corrected chi connectivity index (χ1v) is 5.92. The first-order valence-electron chi connectivity index (χ1n) is 5.92. The summed E-state index contributed by atoms with van der Waals surface area (Å²) >= 11 is 0. The summed E-state index contributed by atoms with van der Waals surface area (Å²) in [7, 11) is 0. The molecule has 2 heteroatoms. The number of hydrogen-bond acceptors (Lipinski definition) is 2. The molecule has 0 heterocycles. The van der Waals surface area contributed by atoms with E-state index >= 15 is 0 Å². The van der Waals surface area contributed by atoms with Gasteiger partial charge in [-0.05, 0) is 48.9 Å². The van der Waals surface area contributed by atoms with Crippen LogP contribution in [0.2, 0.25) is 0 Å². The van der Waals surface area contributed by atoms with Gasteiger partial charge < -0.3 is 5.32 Å². The average Bonchev–Trinajstić information content (AvgIpc) is 2.24. The van der Waals surface area contributed by atoms with Gasteiger partial charge in [0.2, 0.25) is 0 Å². The van der Waals surface area contributed by atoms with Gasteiger partial charge in [-0.15, -0.1) is 0 Å². The molecule has 1 aromatic rings. The Kier molecular flexibility index (Phi) is 3.26. The fourth-order valence-electron chi connectivity index (χ4n) is 2.29. The Morgan fingerprint density at radius 1 is 1.44 bits per heavy atom. The number of nitriles is 1. The first kappa shape index (κ1) is 11.2. The van der Waals surface area contributed by atoms with Crippen molar-refractivity contribution < 1.29 is 0 Å². The van der Waals surface area contributed by atoms with Crippen molar-refractivity contribution in [1.82, 2.24) is 5.32 Å². The summed E-state index contributed by atoms with van der Waals surface area (Å²) in [5, 5.41) is 12.3. The molecule has 16 heavy (non-hydrogen) atoms. The summed E-state index contributed by atoms with van der Waals surface area (Å²) in [4.78, 5) is 0. The van der Waals surface area contributed by atoms with Crippen molar-refractivity contribution >= 4 is 0 Å². The Hall–Kier alpha value is -1.33. The van der Waals surface area contributed by atoms with Crippen LogP contribution in [0.15, 0.2) is 18.2 Å². The van der Waals surface area contributed by atoms with Crippen LogP contribution in [0.1, 0.15) is 36.5 Å². The van der Waals surface area contributed by atoms with Gasteiger partial charge >= 0.3 is 0 Å². The highest BCUT2D eigenvalue weighted by molar-refractivity contribution is 5.37. The predicted octanol–water partition coefficient (Wildman–Crippen LogP) is 2.75. The molecule has 0 spiro atoms. The van der Waals surface area contributed by atoms with Gasteiger partial charge in [0.25, 0.3) is 0 Å². The molecule has 0 aromatic heterocycles. The molecule has 0 aliphatic heterocycles. The van der Waals surface area contributed by atoms with Crippen LogP contribution in [0.25, 0.3) is 0 Å². The number of benzene rings is 1. The highest BCUT2D eigenvalue weighted by atomic mass is 14.9. The molecular weight excluding hydrogens is 196 g/mol. The van der Waals surface area contributed by atoms with E-state index in [0.717, 1.165) is 18.0 Å². The van der Waals surface area contributed by atoms with Gasteiger partial charge in [-0.25, -0.2) is 0 Å². The molecule has 0 atom stereocenters. The van der Waals surface area contributed by atoms with Gasteiger partial charge in [0, 0.05) is 12.6 Å². The summed E-state index contributed by atoms with van der Waals surface area (Å²) in [5.74, 6) is 0.888. The highest BCUT2D eigenvalue weighted by Gasteiger charge is 2.24. The van der Waals surface area contributed by atoms with Gasteiger partial charge in [0.05, 0.1) is 11.6 Å². The monoisotopic (exact) mass is 214 g/mol. The van der Waals surface area contributed by atoms with Gasteiger partial charge in [0.1, 0.15) is 0 Å². The molecule has 1 fully saturated rings. The van der Waals surface area contributed by atoms with Crippen molar-refractivity contribution in [2.75, 3.05) is 0 Å². The normalized spacial score (nSPS) is 23.6. The second kappa shape index (κ2) is 4.67. The minimum atomic E-state index is 0.699. The molecule has 1 N–H and O–H groups in total. The van der Waals surface area contributed by atoms with E-state index in [-0.39, 0.29) is 0 Å². The van der Waals surface area contributed by atoms with Crippen molar-refractivity contribution in [2.45, 2.75) is 39.3 Å². The number of nitrogens with zero attached hydrogens (tertiary/aromatic N) is 1. The summed E-state index contributed by atoms with van der Waals surface area (Å²) in [6.07, 6.45) is 2.60. The number of nitrogens with one attached hydrogen (secondary N) is 1. The van der Waals surface area contributed by atoms with Crippen LogP contribution < -0.4 is 5.32 Å². The fourth-order valence-corrected chi connectivity index (χ4v) is 2.29. The van der Waals surface area contributed by atoms with E-state index in [1.165, 1.54) is 24.0 Å². The Bertz CT molecular complexity index is 411. The summed E-state index contributed by atoms with van der Waals surface area (Å²) < 4.78 is 0. The SMILES string of the molecule is Cc1cc(C#N)ccc1CNC1CC(C)C1. The molecule has 1 aliphatic carbocycles. The minimum absolute atomic E-state index is 0.699. The fraction of sp³-hybridized carbons (Fsp3) is 0.500. The Morgan fingerprint density at radius 3 is 2.75 bits per heavy atom. The van der Waals surface area contributed by atoms with E-state index in [2.05, 4.69) is 31.3 Å². The van der Waals surface area contributed by atoms with E-state index in [9.17, 15) is 0 Å². The lowest BCUT2D eigenvalue weighted by atomic mass is 9.82. The van der Waals surface area contributed by atoms with Crippen LogP contribution in [-0.4, -0.2) is 6.04 Å². The minimum Gasteiger partial charge on any atom is -0.310 e. The number of aryl methyl sites for hydroxylation is 1. The van der Waals surface area contributed by atoms with E-state index in [0.29, 0.717) is 6.04 Å². The molecular formula is C14H18N2. The third-order valence-corrected chi connectivity index (χ3v) is 3.43. The molecule has 0 bridgehead atoms. The lowest BCUT2D eigenvalue weighted by Crippen LogP contribution is -2.39. The molecule has 0 radical (unpaired) electrons. The average molecular weight is 214 g/mol. The quantitative estimate of drug-likeness (QED) is 0.839. The summed E-state index contributed by atoms with van der Waals surface area (Å²) in [5.41, 5.74) is 3.26. The standard InChI is InChI=1S/C14H18N2/c1-10-5-14(6-10)16-9-13-4-3-12(8-15)7-11(13)2/h3-4,7,10,14,16H,5-6,9H2,1-2H3. The van der Waals surface area contributed by atoms with Gasteiger partial charge in [-0.1, -0.05) is 13.0 Å². The van der Waals surface area contributed by atoms with Crippen LogP contribution in [0.4, 0.5) is 0 Å². The van der Waals surface area contributed by atoms with Crippen molar-refractivity contribution in [3.05, 3.63) is 34.9 Å². The van der Waals surface area contributed by atoms with Crippen LogP contribution in [0.3, 0.4) is 0 Å². The summed E-state index contributed by atoms with van der Waals surface area (Å²) in [6, 6.07) is 8.78. The van der Waals surface area contributed by atoms with Crippen LogP contribution >= 0.6 is 0 Å². The third kappa shape index (κ3) is 2.43. The van der Waals surface area contributed by atoms with E-state index < -0.39 is 0 Å². The molecule has 1 saturated carbocycles. The number of hydrogen-bond donors (Lipinski definition) is 1. The second-order valence-corrected chi connectivity index (χ2v) is 4.91. The summed E-state index contributed by atoms with van der Waals surface area (Å²) in [6.45, 7) is 5.29. The molecule has 0 saturated heterocycles. The van der Waals surface area contributed by atoms with Crippen LogP contribution in [0, 0.1) is 24.2 Å². The van der Waals surface area contributed by atoms with Crippen molar-refractivity contribution in [3.63, 3.8) is 0 Å². The molecule has 2 nitrogen and oxygen atoms in total. The molecule has 0 unspecified atom stereocenters. The second-order valence-electron chi connectivity index (χ2n) is 4.91. The molecule has 1 aromatic carbocycles. The zero-order valence-corrected chi connectivity index (χ0v) is 9.96. The van der Waals surface area contributed by atoms with Crippen molar-refractivity contribution in [1.29, 1.82) is 5.26 Å². The van der Waals surface area contributed by atoms with E-state index in [1.807, 2.05) is 12.1 Å². The molecule has 84 valence electrons.